The van der Waals surface area contributed by atoms with Crippen LogP contribution in [0.5, 0.6) is 17.2 Å². The maximum absolute atomic E-state index is 12.7. The van der Waals surface area contributed by atoms with Gasteiger partial charge in [0.15, 0.2) is 18.1 Å². The highest BCUT2D eigenvalue weighted by Crippen LogP contribution is 2.39. The average molecular weight is 580 g/mol. The number of nitrogens with one attached hydrogen (secondary N) is 1. The van der Waals surface area contributed by atoms with Gasteiger partial charge in [-0.1, -0.05) is 37.3 Å². The summed E-state index contributed by atoms with van der Waals surface area (Å²) >= 11 is 10.2. The van der Waals surface area contributed by atoms with Crippen molar-refractivity contribution in [2.45, 2.75) is 26.7 Å². The number of anilines is 1. The van der Waals surface area contributed by atoms with E-state index in [-0.39, 0.29) is 18.4 Å². The molecule has 0 aliphatic carbocycles. The predicted molar refractivity (Wildman–Crippen MR) is 147 cm³/mol. The smallest absolute Gasteiger partial charge is 0.266 e. The number of benzene rings is 2. The maximum atomic E-state index is 12.7. The molecule has 35 heavy (non-hydrogen) atoms. The molecule has 10 heteroatoms. The summed E-state index contributed by atoms with van der Waals surface area (Å²) < 4.78 is 17.8. The highest BCUT2D eigenvalue weighted by atomic mass is 79.9. The standard InChI is InChI=1S/C25H27BrN2O5S2/c1-4-6-11-28-24(30)21(35-25(28)34)14-16-12-19(26)23(20(13-16)31-3)33-15-22(29)27-17-7-9-18(10-8-17)32-5-2/h7-10,12-14H,4-6,11,15H2,1-3H3,(H,27,29)/b21-14-. The molecule has 1 N–H and O–H groups in total. The van der Waals surface area contributed by atoms with E-state index in [1.165, 1.54) is 18.9 Å². The quantitative estimate of drug-likeness (QED) is 0.263. The lowest BCUT2D eigenvalue weighted by Crippen LogP contribution is -2.28. The number of carbonyl (C=O) groups excluding carboxylic acids is 2. The van der Waals surface area contributed by atoms with Crippen LogP contribution in [0.3, 0.4) is 0 Å². The fraction of sp³-hybridized carbons (Fsp3) is 0.320. The van der Waals surface area contributed by atoms with Crippen molar-refractivity contribution in [2.75, 3.05) is 32.2 Å². The van der Waals surface area contributed by atoms with Crippen molar-refractivity contribution in [1.82, 2.24) is 4.90 Å². The van der Waals surface area contributed by atoms with Gasteiger partial charge in [-0.05, 0) is 77.3 Å². The number of unbranched alkanes of at least 4 members (excludes halogenated alkanes) is 1. The first-order valence-corrected chi connectivity index (χ1v) is 13.2. The van der Waals surface area contributed by atoms with E-state index < -0.39 is 0 Å². The molecule has 2 aromatic rings. The van der Waals surface area contributed by atoms with Crippen molar-refractivity contribution in [3.63, 3.8) is 0 Å². The zero-order valence-corrected chi connectivity index (χ0v) is 23.0. The van der Waals surface area contributed by atoms with Gasteiger partial charge in [-0.25, -0.2) is 0 Å². The first kappa shape index (κ1) is 27.0. The highest BCUT2D eigenvalue weighted by Gasteiger charge is 2.31. The largest absolute Gasteiger partial charge is 0.494 e. The summed E-state index contributed by atoms with van der Waals surface area (Å²) in [4.78, 5) is 27.3. The minimum absolute atomic E-state index is 0.0881. The fourth-order valence-corrected chi connectivity index (χ4v) is 5.14. The van der Waals surface area contributed by atoms with Crippen LogP contribution in [0, 0.1) is 0 Å². The normalized spacial score (nSPS) is 14.4. The number of hydrogen-bond donors (Lipinski definition) is 1. The number of nitrogens with zero attached hydrogens (tertiary/aromatic N) is 1. The van der Waals surface area contributed by atoms with E-state index in [9.17, 15) is 9.59 Å². The number of rotatable bonds is 11. The van der Waals surface area contributed by atoms with E-state index >= 15 is 0 Å². The minimum Gasteiger partial charge on any atom is -0.494 e. The molecule has 0 saturated carbocycles. The second-order valence-corrected chi connectivity index (χ2v) is 10.0. The van der Waals surface area contributed by atoms with Crippen LogP contribution >= 0.6 is 39.9 Å². The van der Waals surface area contributed by atoms with Crippen LogP contribution in [0.4, 0.5) is 5.69 Å². The van der Waals surface area contributed by atoms with Crippen LogP contribution < -0.4 is 19.5 Å². The number of carbonyl (C=O) groups is 2. The van der Waals surface area contributed by atoms with E-state index in [0.29, 0.717) is 44.0 Å². The Balaban J connectivity index is 1.67. The topological polar surface area (TPSA) is 77.1 Å². The number of thioether (sulfide) groups is 1. The molecule has 1 fully saturated rings. The molecule has 1 aliphatic rings. The van der Waals surface area contributed by atoms with Crippen molar-refractivity contribution < 1.29 is 23.8 Å². The lowest BCUT2D eigenvalue weighted by molar-refractivity contribution is -0.122. The van der Waals surface area contributed by atoms with E-state index in [4.69, 9.17) is 26.4 Å². The van der Waals surface area contributed by atoms with Gasteiger partial charge >= 0.3 is 0 Å². The Hall–Kier alpha value is -2.56. The van der Waals surface area contributed by atoms with E-state index in [1.807, 2.05) is 6.92 Å². The first-order chi connectivity index (χ1) is 16.9. The summed E-state index contributed by atoms with van der Waals surface area (Å²) in [5.74, 6) is 1.15. The molecule has 0 unspecified atom stereocenters. The van der Waals surface area contributed by atoms with E-state index in [2.05, 4.69) is 28.2 Å². The van der Waals surface area contributed by atoms with Crippen LogP contribution in [0.15, 0.2) is 45.8 Å². The summed E-state index contributed by atoms with van der Waals surface area (Å²) in [5.41, 5.74) is 1.38. The second-order valence-electron chi connectivity index (χ2n) is 7.52. The third-order valence-corrected chi connectivity index (χ3v) is 6.92. The number of ether oxygens (including phenoxy) is 3. The van der Waals surface area contributed by atoms with Gasteiger partial charge < -0.3 is 19.5 Å². The molecule has 3 rings (SSSR count). The zero-order valence-electron chi connectivity index (χ0n) is 19.8. The van der Waals surface area contributed by atoms with Crippen LogP contribution in [0.2, 0.25) is 0 Å². The monoisotopic (exact) mass is 578 g/mol. The molecule has 0 radical (unpaired) electrons. The number of hydrogen-bond acceptors (Lipinski definition) is 7. The van der Waals surface area contributed by atoms with Gasteiger partial charge in [0.25, 0.3) is 11.8 Å². The molecule has 1 aliphatic heterocycles. The van der Waals surface area contributed by atoms with Gasteiger partial charge in [0.2, 0.25) is 0 Å². The Labute approximate surface area is 223 Å². The van der Waals surface area contributed by atoms with Gasteiger partial charge in [0.05, 0.1) is 23.1 Å². The summed E-state index contributed by atoms with van der Waals surface area (Å²) in [6, 6.07) is 10.7. The van der Waals surface area contributed by atoms with Gasteiger partial charge in [-0.15, -0.1) is 0 Å². The zero-order chi connectivity index (χ0) is 25.4. The Morgan fingerprint density at radius 1 is 1.20 bits per heavy atom. The van der Waals surface area contributed by atoms with Gasteiger partial charge in [-0.3, -0.25) is 14.5 Å². The Kier molecular flexibility index (Phi) is 10.00. The predicted octanol–water partition coefficient (Wildman–Crippen LogP) is 5.88. The molecule has 0 bridgehead atoms. The Morgan fingerprint density at radius 2 is 1.94 bits per heavy atom. The van der Waals surface area contributed by atoms with Crippen molar-refractivity contribution in [3.8, 4) is 17.2 Å². The van der Waals surface area contributed by atoms with Crippen molar-refractivity contribution in [1.29, 1.82) is 0 Å². The number of amides is 2. The van der Waals surface area contributed by atoms with Crippen LogP contribution in [0.1, 0.15) is 32.3 Å². The van der Waals surface area contributed by atoms with Crippen LogP contribution in [0.25, 0.3) is 6.08 Å². The van der Waals surface area contributed by atoms with Crippen molar-refractivity contribution in [2.24, 2.45) is 0 Å². The molecule has 0 spiro atoms. The van der Waals surface area contributed by atoms with Gasteiger partial charge in [-0.2, -0.15) is 0 Å². The van der Waals surface area contributed by atoms with Crippen molar-refractivity contribution in [3.05, 3.63) is 51.3 Å². The number of methoxy groups -OCH3 is 1. The third-order valence-electron chi connectivity index (χ3n) is 4.96. The molecule has 186 valence electrons. The molecule has 1 saturated heterocycles. The molecule has 7 nitrogen and oxygen atoms in total. The van der Waals surface area contributed by atoms with Gasteiger partial charge in [0.1, 0.15) is 10.1 Å². The lowest BCUT2D eigenvalue weighted by atomic mass is 10.2. The Bertz CT molecular complexity index is 1120. The summed E-state index contributed by atoms with van der Waals surface area (Å²) in [7, 11) is 1.52. The summed E-state index contributed by atoms with van der Waals surface area (Å²) in [6.45, 7) is 4.97. The van der Waals surface area contributed by atoms with Crippen molar-refractivity contribution >= 4 is 67.8 Å². The molecule has 2 aromatic carbocycles. The lowest BCUT2D eigenvalue weighted by Gasteiger charge is -2.14. The number of halogens is 1. The second kappa shape index (κ2) is 12.9. The van der Waals surface area contributed by atoms with Gasteiger partial charge in [0, 0.05) is 12.2 Å². The van der Waals surface area contributed by atoms with E-state index in [0.717, 1.165) is 24.2 Å². The molecule has 1 heterocycles. The molecule has 2 amide bonds. The summed E-state index contributed by atoms with van der Waals surface area (Å²) in [5, 5.41) is 2.78. The average Bonchev–Trinajstić information content (AvgIpc) is 3.10. The molecular formula is C25H27BrN2O5S2. The maximum Gasteiger partial charge on any atom is 0.266 e. The molecule has 0 aromatic heterocycles. The number of thiocarbonyl (C=S) groups is 1. The molecule has 0 atom stereocenters. The minimum atomic E-state index is -0.317. The fourth-order valence-electron chi connectivity index (χ4n) is 3.26. The first-order valence-electron chi connectivity index (χ1n) is 11.1. The van der Waals surface area contributed by atoms with Crippen LogP contribution in [-0.4, -0.2) is 47.9 Å². The third kappa shape index (κ3) is 7.22. The molecular weight excluding hydrogens is 552 g/mol. The highest BCUT2D eigenvalue weighted by molar-refractivity contribution is 9.10. The summed E-state index contributed by atoms with van der Waals surface area (Å²) in [6.07, 6.45) is 3.66. The Morgan fingerprint density at radius 3 is 2.60 bits per heavy atom. The van der Waals surface area contributed by atoms with Crippen LogP contribution in [-0.2, 0) is 9.59 Å². The van der Waals surface area contributed by atoms with E-state index in [1.54, 1.807) is 47.4 Å². The SMILES string of the molecule is CCCCN1C(=O)/C(=C/c2cc(Br)c(OCC(=O)Nc3ccc(OCC)cc3)c(OC)c2)SC1=S.